The van der Waals surface area contributed by atoms with Gasteiger partial charge in [0.2, 0.25) is 0 Å². The molecular weight excluding hydrogens is 464 g/mol. The number of carbonyl (C=O) groups is 2. The van der Waals surface area contributed by atoms with Gasteiger partial charge < -0.3 is 14.8 Å². The van der Waals surface area contributed by atoms with Crippen LogP contribution in [0.25, 0.3) is 0 Å². The summed E-state index contributed by atoms with van der Waals surface area (Å²) in [5.41, 5.74) is 4.71. The summed E-state index contributed by atoms with van der Waals surface area (Å²) in [6.07, 6.45) is 8.27. The monoisotopic (exact) mass is 504 g/mol. The number of methoxy groups -OCH3 is 2. The number of nitrogens with zero attached hydrogens (tertiary/aromatic N) is 1. The number of aldehydes is 1. The second-order valence-corrected chi connectivity index (χ2v) is 10.2. The maximum Gasteiger partial charge on any atom is 0.337 e. The van der Waals surface area contributed by atoms with E-state index in [1.54, 1.807) is 13.4 Å². The van der Waals surface area contributed by atoms with Crippen molar-refractivity contribution in [2.24, 2.45) is 11.8 Å². The summed E-state index contributed by atoms with van der Waals surface area (Å²) in [5, 5.41) is 3.74. The van der Waals surface area contributed by atoms with E-state index in [2.05, 4.69) is 47.5 Å². The lowest BCUT2D eigenvalue weighted by atomic mass is 9.75. The fourth-order valence-corrected chi connectivity index (χ4v) is 6.26. The minimum absolute atomic E-state index is 0.0795. The molecule has 37 heavy (non-hydrogen) atoms. The minimum Gasteiger partial charge on any atom is -0.504 e. The van der Waals surface area contributed by atoms with E-state index in [0.29, 0.717) is 11.5 Å². The van der Waals surface area contributed by atoms with E-state index < -0.39 is 0 Å². The van der Waals surface area contributed by atoms with Crippen molar-refractivity contribution in [2.75, 3.05) is 32.6 Å². The summed E-state index contributed by atoms with van der Waals surface area (Å²) < 4.78 is 10.4. The number of nitrogens with one attached hydrogen (secondary N) is 1. The Hall–Kier alpha value is -3.12. The molecule has 0 saturated carbocycles. The van der Waals surface area contributed by atoms with Crippen LogP contribution in [0.5, 0.6) is 0 Å². The molecular formula is C31H40N2O4. The van der Waals surface area contributed by atoms with Crippen LogP contribution < -0.4 is 5.32 Å². The van der Waals surface area contributed by atoms with Crippen molar-refractivity contribution in [3.05, 3.63) is 77.1 Å². The van der Waals surface area contributed by atoms with Crippen LogP contribution in [0.3, 0.4) is 0 Å². The lowest BCUT2D eigenvalue weighted by molar-refractivity contribution is -0.137. The van der Waals surface area contributed by atoms with E-state index in [4.69, 9.17) is 9.47 Å². The zero-order chi connectivity index (χ0) is 26.2. The predicted molar refractivity (Wildman–Crippen MR) is 147 cm³/mol. The van der Waals surface area contributed by atoms with Crippen LogP contribution in [0.1, 0.15) is 54.1 Å². The third-order valence-electron chi connectivity index (χ3n) is 8.19. The Bertz CT molecular complexity index is 1080. The fourth-order valence-electron chi connectivity index (χ4n) is 6.26. The predicted octanol–water partition coefficient (Wildman–Crippen LogP) is 5.28. The molecule has 0 amide bonds. The molecule has 2 saturated heterocycles. The van der Waals surface area contributed by atoms with Gasteiger partial charge in [-0.25, -0.2) is 4.79 Å². The summed E-state index contributed by atoms with van der Waals surface area (Å²) in [5.74, 6) is 0.137. The van der Waals surface area contributed by atoms with E-state index in [0.717, 1.165) is 74.7 Å². The van der Waals surface area contributed by atoms with Gasteiger partial charge >= 0.3 is 5.97 Å². The van der Waals surface area contributed by atoms with Crippen molar-refractivity contribution in [2.45, 2.75) is 57.5 Å². The Morgan fingerprint density at radius 2 is 1.92 bits per heavy atom. The van der Waals surface area contributed by atoms with Crippen LogP contribution in [0.2, 0.25) is 0 Å². The van der Waals surface area contributed by atoms with Crippen LogP contribution in [0.4, 0.5) is 5.69 Å². The summed E-state index contributed by atoms with van der Waals surface area (Å²) in [6.45, 7) is 4.15. The first kappa shape index (κ1) is 26.9. The largest absolute Gasteiger partial charge is 0.504 e. The van der Waals surface area contributed by atoms with Gasteiger partial charge in [0.25, 0.3) is 0 Å². The summed E-state index contributed by atoms with van der Waals surface area (Å²) in [4.78, 5) is 27.4. The number of carbonyl (C=O) groups excluding carboxylic acids is 2. The number of rotatable bonds is 11. The van der Waals surface area contributed by atoms with Crippen molar-refractivity contribution in [1.82, 2.24) is 4.90 Å². The molecule has 4 rings (SSSR count). The molecule has 1 N–H and O–H groups in total. The molecule has 2 aliphatic rings. The Morgan fingerprint density at radius 1 is 1.11 bits per heavy atom. The molecule has 2 aromatic rings. The first-order chi connectivity index (χ1) is 18.1. The zero-order valence-corrected chi connectivity index (χ0v) is 22.3. The van der Waals surface area contributed by atoms with Gasteiger partial charge in [0, 0.05) is 36.4 Å². The number of benzene rings is 2. The first-order valence-electron chi connectivity index (χ1n) is 13.5. The van der Waals surface area contributed by atoms with Crippen LogP contribution in [-0.4, -0.2) is 56.5 Å². The van der Waals surface area contributed by atoms with Crippen molar-refractivity contribution in [3.63, 3.8) is 0 Å². The third-order valence-corrected chi connectivity index (χ3v) is 8.19. The maximum atomic E-state index is 12.6. The van der Waals surface area contributed by atoms with Crippen LogP contribution in [0, 0.1) is 11.8 Å². The molecule has 4 atom stereocenters. The molecule has 2 heterocycles. The molecule has 2 aromatic carbocycles. The fraction of sp³-hybridized carbons (Fsp3) is 0.484. The van der Waals surface area contributed by atoms with E-state index in [1.165, 1.54) is 12.7 Å². The van der Waals surface area contributed by atoms with E-state index in [1.807, 2.05) is 18.2 Å². The van der Waals surface area contributed by atoms with E-state index in [9.17, 15) is 9.59 Å². The summed E-state index contributed by atoms with van der Waals surface area (Å²) in [7, 11) is 3.00. The van der Waals surface area contributed by atoms with Gasteiger partial charge in [0.1, 0.15) is 0 Å². The molecule has 198 valence electrons. The number of esters is 1. The number of fused-ring (bicyclic) bond motifs is 1. The van der Waals surface area contributed by atoms with Crippen molar-refractivity contribution < 1.29 is 19.1 Å². The SMILES string of the molecule is CCC1CN2CCC(Nc3cccc(CCCc4ccccc4)c3C=O)C2CC1/C(=C\OC)C(=O)OC. The van der Waals surface area contributed by atoms with Gasteiger partial charge in [0.15, 0.2) is 6.29 Å². The van der Waals surface area contributed by atoms with Crippen molar-refractivity contribution in [1.29, 1.82) is 0 Å². The van der Waals surface area contributed by atoms with Crippen LogP contribution in [0.15, 0.2) is 60.4 Å². The highest BCUT2D eigenvalue weighted by molar-refractivity contribution is 5.89. The minimum atomic E-state index is -0.312. The second-order valence-electron chi connectivity index (χ2n) is 10.2. The normalized spacial score (nSPS) is 23.8. The Kier molecular flexibility index (Phi) is 9.40. The highest BCUT2D eigenvalue weighted by Crippen LogP contribution is 2.40. The summed E-state index contributed by atoms with van der Waals surface area (Å²) in [6, 6.07) is 17.1. The van der Waals surface area contributed by atoms with Crippen molar-refractivity contribution >= 4 is 17.9 Å². The van der Waals surface area contributed by atoms with Gasteiger partial charge in [-0.2, -0.15) is 0 Å². The average Bonchev–Trinajstić information content (AvgIpc) is 3.32. The number of aryl methyl sites for hydroxylation is 2. The molecule has 6 heteroatoms. The molecule has 0 bridgehead atoms. The lowest BCUT2D eigenvalue weighted by Crippen LogP contribution is -2.49. The molecule has 0 radical (unpaired) electrons. The van der Waals surface area contributed by atoms with Gasteiger partial charge in [-0.1, -0.05) is 55.8 Å². The van der Waals surface area contributed by atoms with E-state index in [-0.39, 0.29) is 24.0 Å². The lowest BCUT2D eigenvalue weighted by Gasteiger charge is -2.42. The molecule has 4 unspecified atom stereocenters. The zero-order valence-electron chi connectivity index (χ0n) is 22.3. The van der Waals surface area contributed by atoms with Gasteiger partial charge in [-0.3, -0.25) is 9.69 Å². The summed E-state index contributed by atoms with van der Waals surface area (Å²) >= 11 is 0. The third kappa shape index (κ3) is 6.24. The number of ether oxygens (including phenoxy) is 2. The molecule has 0 spiro atoms. The number of hydrogen-bond acceptors (Lipinski definition) is 6. The van der Waals surface area contributed by atoms with Crippen molar-refractivity contribution in [3.8, 4) is 0 Å². The van der Waals surface area contributed by atoms with Gasteiger partial charge in [-0.15, -0.1) is 0 Å². The molecule has 0 aromatic heterocycles. The maximum absolute atomic E-state index is 12.6. The van der Waals surface area contributed by atoms with Crippen LogP contribution in [-0.2, 0) is 27.1 Å². The van der Waals surface area contributed by atoms with E-state index >= 15 is 0 Å². The second kappa shape index (κ2) is 12.9. The molecule has 6 nitrogen and oxygen atoms in total. The smallest absolute Gasteiger partial charge is 0.337 e. The Balaban J connectivity index is 1.48. The number of piperidine rings is 1. The van der Waals surface area contributed by atoms with Gasteiger partial charge in [-0.05, 0) is 61.1 Å². The highest BCUT2D eigenvalue weighted by atomic mass is 16.5. The quantitative estimate of drug-likeness (QED) is 0.194. The molecule has 0 aliphatic carbocycles. The van der Waals surface area contributed by atoms with Gasteiger partial charge in [0.05, 0.1) is 26.1 Å². The highest BCUT2D eigenvalue weighted by Gasteiger charge is 2.44. The standard InChI is InChI=1S/C31H40N2O4/c1-4-23-19-33-17-16-29(30(33)18-25(23)27(21-36-2)31(35)37-3)32-28-15-9-14-24(26(28)20-34)13-8-12-22-10-6-5-7-11-22/h5-7,9-11,14-15,20-21,23,25,29-30,32H,4,8,12-13,16-19H2,1-3H3/b27-21+. The topological polar surface area (TPSA) is 67.9 Å². The molecule has 2 fully saturated rings. The molecule has 2 aliphatic heterocycles. The Labute approximate surface area is 221 Å². The number of anilines is 1. The first-order valence-corrected chi connectivity index (χ1v) is 13.5. The average molecular weight is 505 g/mol. The van der Waals surface area contributed by atoms with Crippen LogP contribution >= 0.6 is 0 Å². The Morgan fingerprint density at radius 3 is 2.62 bits per heavy atom. The number of hydrogen-bond donors (Lipinski definition) is 1.